The highest BCUT2D eigenvalue weighted by molar-refractivity contribution is 5.90. The fraction of sp³-hybridized carbons (Fsp3) is 0.400. The van der Waals surface area contributed by atoms with E-state index in [1.807, 2.05) is 12.1 Å². The Morgan fingerprint density at radius 3 is 2.68 bits per heavy atom. The molecule has 0 unspecified atom stereocenters. The summed E-state index contributed by atoms with van der Waals surface area (Å²) in [6, 6.07) is 10.2. The minimum Gasteiger partial charge on any atom is -0.378 e. The monoisotopic (exact) mass is 339 g/mol. The van der Waals surface area contributed by atoms with Gasteiger partial charge in [-0.15, -0.1) is 0 Å². The molecular formula is C20H25N3O2. The van der Waals surface area contributed by atoms with Crippen molar-refractivity contribution in [2.75, 3.05) is 36.5 Å². The quantitative estimate of drug-likeness (QED) is 0.909. The maximum atomic E-state index is 12.2. The molecule has 0 bridgehead atoms. The van der Waals surface area contributed by atoms with Crippen molar-refractivity contribution in [3.8, 4) is 0 Å². The molecule has 1 amide bonds. The first-order valence-electron chi connectivity index (χ1n) is 8.76. The summed E-state index contributed by atoms with van der Waals surface area (Å²) in [5.74, 6) is 0.942. The molecule has 0 saturated carbocycles. The Bertz CT molecular complexity index is 722. The average Bonchev–Trinajstić information content (AvgIpc) is 2.62. The van der Waals surface area contributed by atoms with Crippen LogP contribution in [0.3, 0.4) is 0 Å². The van der Waals surface area contributed by atoms with E-state index in [2.05, 4.69) is 47.2 Å². The number of aromatic nitrogens is 1. The van der Waals surface area contributed by atoms with Crippen molar-refractivity contribution >= 4 is 17.4 Å². The van der Waals surface area contributed by atoms with Crippen LogP contribution in [0.25, 0.3) is 0 Å². The third kappa shape index (κ3) is 4.79. The number of anilines is 2. The van der Waals surface area contributed by atoms with Crippen molar-refractivity contribution < 1.29 is 9.53 Å². The number of ether oxygens (including phenoxy) is 1. The van der Waals surface area contributed by atoms with Gasteiger partial charge in [0.15, 0.2) is 0 Å². The van der Waals surface area contributed by atoms with Crippen LogP contribution in [0.4, 0.5) is 11.5 Å². The number of aryl methyl sites for hydroxylation is 3. The lowest BCUT2D eigenvalue weighted by Gasteiger charge is -2.27. The van der Waals surface area contributed by atoms with E-state index in [-0.39, 0.29) is 5.91 Å². The van der Waals surface area contributed by atoms with Gasteiger partial charge >= 0.3 is 0 Å². The molecule has 0 atom stereocenters. The number of rotatable bonds is 5. The zero-order valence-corrected chi connectivity index (χ0v) is 14.9. The largest absolute Gasteiger partial charge is 0.378 e. The third-order valence-corrected chi connectivity index (χ3v) is 4.49. The van der Waals surface area contributed by atoms with Gasteiger partial charge in [0, 0.05) is 19.5 Å². The van der Waals surface area contributed by atoms with E-state index in [0.717, 1.165) is 44.2 Å². The Labute approximate surface area is 149 Å². The number of hydrogen-bond acceptors (Lipinski definition) is 4. The summed E-state index contributed by atoms with van der Waals surface area (Å²) in [5.41, 5.74) is 4.45. The van der Waals surface area contributed by atoms with Gasteiger partial charge in [-0.25, -0.2) is 4.98 Å². The van der Waals surface area contributed by atoms with E-state index >= 15 is 0 Å². The molecule has 5 heteroatoms. The number of pyridine rings is 1. The minimum absolute atomic E-state index is 0.0147. The Kier molecular flexibility index (Phi) is 5.66. The number of nitrogens with zero attached hydrogens (tertiary/aromatic N) is 2. The Morgan fingerprint density at radius 2 is 2.00 bits per heavy atom. The molecule has 1 saturated heterocycles. The first-order valence-corrected chi connectivity index (χ1v) is 8.76. The summed E-state index contributed by atoms with van der Waals surface area (Å²) in [6.45, 7) is 7.35. The SMILES string of the molecule is Cc1ccc(CCC(=O)Nc2ccc(N3CCOCC3)nc2)c(C)c1. The number of carbonyl (C=O) groups excluding carboxylic acids is 1. The first kappa shape index (κ1) is 17.4. The normalized spacial score (nSPS) is 14.4. The molecule has 0 aliphatic carbocycles. The summed E-state index contributed by atoms with van der Waals surface area (Å²) < 4.78 is 5.35. The molecule has 1 aromatic heterocycles. The highest BCUT2D eigenvalue weighted by atomic mass is 16.5. The molecule has 0 spiro atoms. The molecule has 132 valence electrons. The van der Waals surface area contributed by atoms with Crippen molar-refractivity contribution in [1.82, 2.24) is 4.98 Å². The minimum atomic E-state index is 0.0147. The van der Waals surface area contributed by atoms with Gasteiger partial charge in [0.2, 0.25) is 5.91 Å². The predicted molar refractivity (Wildman–Crippen MR) is 100 cm³/mol. The van der Waals surface area contributed by atoms with Gasteiger partial charge in [0.25, 0.3) is 0 Å². The van der Waals surface area contributed by atoms with Crippen LogP contribution in [0.1, 0.15) is 23.1 Å². The highest BCUT2D eigenvalue weighted by Gasteiger charge is 2.12. The number of benzene rings is 1. The van der Waals surface area contributed by atoms with Crippen molar-refractivity contribution in [2.45, 2.75) is 26.7 Å². The van der Waals surface area contributed by atoms with Gasteiger partial charge in [0.05, 0.1) is 25.1 Å². The smallest absolute Gasteiger partial charge is 0.224 e. The van der Waals surface area contributed by atoms with Crippen LogP contribution in [0.5, 0.6) is 0 Å². The summed E-state index contributed by atoms with van der Waals surface area (Å²) >= 11 is 0. The Hall–Kier alpha value is -2.40. The van der Waals surface area contributed by atoms with Crippen molar-refractivity contribution in [3.63, 3.8) is 0 Å². The molecule has 2 aromatic rings. The fourth-order valence-electron chi connectivity index (χ4n) is 3.04. The zero-order valence-electron chi connectivity index (χ0n) is 14.9. The number of nitrogens with one attached hydrogen (secondary N) is 1. The molecule has 1 aliphatic heterocycles. The Balaban J connectivity index is 1.52. The van der Waals surface area contributed by atoms with Crippen molar-refractivity contribution in [3.05, 3.63) is 53.2 Å². The van der Waals surface area contributed by atoms with Gasteiger partial charge in [-0.2, -0.15) is 0 Å². The average molecular weight is 339 g/mol. The molecule has 1 N–H and O–H groups in total. The van der Waals surface area contributed by atoms with Gasteiger partial charge in [0.1, 0.15) is 5.82 Å². The summed E-state index contributed by atoms with van der Waals surface area (Å²) in [4.78, 5) is 18.8. The standard InChI is InChI=1S/C20H25N3O2/c1-15-3-4-17(16(2)13-15)5-8-20(24)22-18-6-7-19(21-14-18)23-9-11-25-12-10-23/h3-4,6-7,13-14H,5,8-12H2,1-2H3,(H,22,24). The van der Waals surface area contributed by atoms with E-state index in [0.29, 0.717) is 6.42 Å². The summed E-state index contributed by atoms with van der Waals surface area (Å²) in [6.07, 6.45) is 2.94. The van der Waals surface area contributed by atoms with Gasteiger partial charge < -0.3 is 15.0 Å². The maximum Gasteiger partial charge on any atom is 0.224 e. The van der Waals surface area contributed by atoms with Crippen LogP contribution in [0.15, 0.2) is 36.5 Å². The molecule has 1 fully saturated rings. The molecule has 2 heterocycles. The Morgan fingerprint density at radius 1 is 1.20 bits per heavy atom. The van der Waals surface area contributed by atoms with E-state index < -0.39 is 0 Å². The number of amides is 1. The van der Waals surface area contributed by atoms with Gasteiger partial charge in [-0.05, 0) is 43.5 Å². The number of morpholine rings is 1. The lowest BCUT2D eigenvalue weighted by atomic mass is 10.0. The van der Waals surface area contributed by atoms with E-state index in [1.165, 1.54) is 16.7 Å². The second-order valence-electron chi connectivity index (χ2n) is 6.48. The van der Waals surface area contributed by atoms with Crippen LogP contribution >= 0.6 is 0 Å². The molecule has 5 nitrogen and oxygen atoms in total. The summed E-state index contributed by atoms with van der Waals surface area (Å²) in [5, 5.41) is 2.93. The van der Waals surface area contributed by atoms with E-state index in [1.54, 1.807) is 6.20 Å². The van der Waals surface area contributed by atoms with Crippen molar-refractivity contribution in [1.29, 1.82) is 0 Å². The van der Waals surface area contributed by atoms with E-state index in [9.17, 15) is 4.79 Å². The molecule has 3 rings (SSSR count). The lowest BCUT2D eigenvalue weighted by molar-refractivity contribution is -0.116. The van der Waals surface area contributed by atoms with Crippen LogP contribution < -0.4 is 10.2 Å². The van der Waals surface area contributed by atoms with E-state index in [4.69, 9.17) is 4.74 Å². The van der Waals surface area contributed by atoms with Crippen LogP contribution in [0, 0.1) is 13.8 Å². The van der Waals surface area contributed by atoms with Crippen LogP contribution in [0.2, 0.25) is 0 Å². The zero-order chi connectivity index (χ0) is 17.6. The van der Waals surface area contributed by atoms with Crippen LogP contribution in [-0.2, 0) is 16.0 Å². The third-order valence-electron chi connectivity index (χ3n) is 4.49. The molecule has 1 aromatic carbocycles. The second-order valence-corrected chi connectivity index (χ2v) is 6.48. The molecule has 25 heavy (non-hydrogen) atoms. The lowest BCUT2D eigenvalue weighted by Crippen LogP contribution is -2.36. The first-order chi connectivity index (χ1) is 12.1. The van der Waals surface area contributed by atoms with Gasteiger partial charge in [-0.3, -0.25) is 4.79 Å². The molecular weight excluding hydrogens is 314 g/mol. The summed E-state index contributed by atoms with van der Waals surface area (Å²) in [7, 11) is 0. The van der Waals surface area contributed by atoms with Crippen molar-refractivity contribution in [2.24, 2.45) is 0 Å². The highest BCUT2D eigenvalue weighted by Crippen LogP contribution is 2.16. The number of hydrogen-bond donors (Lipinski definition) is 1. The second kappa shape index (κ2) is 8.12. The molecule has 1 aliphatic rings. The van der Waals surface area contributed by atoms with Gasteiger partial charge in [-0.1, -0.05) is 23.8 Å². The number of carbonyl (C=O) groups is 1. The van der Waals surface area contributed by atoms with Crippen LogP contribution in [-0.4, -0.2) is 37.2 Å². The fourth-order valence-corrected chi connectivity index (χ4v) is 3.04. The molecule has 0 radical (unpaired) electrons. The predicted octanol–water partition coefficient (Wildman–Crippen LogP) is 3.11. The topological polar surface area (TPSA) is 54.5 Å². The maximum absolute atomic E-state index is 12.2.